The summed E-state index contributed by atoms with van der Waals surface area (Å²) in [6.07, 6.45) is 7.78. The van der Waals surface area contributed by atoms with Crippen molar-refractivity contribution < 1.29 is 5.11 Å². The van der Waals surface area contributed by atoms with Crippen molar-refractivity contribution in [1.29, 1.82) is 0 Å². The Bertz CT molecular complexity index is 470. The van der Waals surface area contributed by atoms with E-state index in [2.05, 4.69) is 44.3 Å². The molecule has 1 aromatic carbocycles. The third kappa shape index (κ3) is 3.99. The third-order valence-electron chi connectivity index (χ3n) is 4.63. The van der Waals surface area contributed by atoms with E-state index in [1.807, 2.05) is 0 Å². The molecule has 0 spiro atoms. The number of aliphatic hydroxyl groups is 1. The van der Waals surface area contributed by atoms with E-state index in [1.165, 1.54) is 54.2 Å². The molecule has 0 aliphatic heterocycles. The monoisotopic (exact) mass is 352 g/mol. The fourth-order valence-corrected chi connectivity index (χ4v) is 3.75. The number of nitrogens with one attached hydrogen (secondary N) is 1. The molecule has 21 heavy (non-hydrogen) atoms. The largest absolute Gasteiger partial charge is 0.395 e. The van der Waals surface area contributed by atoms with E-state index < -0.39 is 0 Å². The second kappa shape index (κ2) is 7.12. The van der Waals surface area contributed by atoms with Crippen molar-refractivity contribution in [1.82, 2.24) is 5.32 Å². The first-order valence-electron chi connectivity index (χ1n) is 8.17. The van der Waals surface area contributed by atoms with Gasteiger partial charge >= 0.3 is 0 Å². The summed E-state index contributed by atoms with van der Waals surface area (Å²) in [5.41, 5.74) is 2.55. The fourth-order valence-electron chi connectivity index (χ4n) is 3.25. The van der Waals surface area contributed by atoms with Crippen molar-refractivity contribution in [2.24, 2.45) is 0 Å². The molecule has 0 bridgehead atoms. The lowest BCUT2D eigenvalue weighted by Gasteiger charge is -2.31. The molecule has 1 aromatic rings. The molecular formula is C17H25BrN2O. The maximum Gasteiger partial charge on any atom is 0.0606 e. The summed E-state index contributed by atoms with van der Waals surface area (Å²) in [5, 5.41) is 12.9. The molecule has 2 aliphatic carbocycles. The normalized spacial score (nSPS) is 19.1. The molecule has 0 saturated heterocycles. The summed E-state index contributed by atoms with van der Waals surface area (Å²) in [4.78, 5) is 2.38. The van der Waals surface area contributed by atoms with Gasteiger partial charge < -0.3 is 15.3 Å². The van der Waals surface area contributed by atoms with E-state index in [0.717, 1.165) is 19.1 Å². The van der Waals surface area contributed by atoms with Crippen LogP contribution in [0.25, 0.3) is 0 Å². The minimum absolute atomic E-state index is 0.221. The molecule has 116 valence electrons. The van der Waals surface area contributed by atoms with Gasteiger partial charge in [0.05, 0.1) is 6.61 Å². The highest BCUT2D eigenvalue weighted by atomic mass is 79.9. The van der Waals surface area contributed by atoms with Gasteiger partial charge in [0.1, 0.15) is 0 Å². The summed E-state index contributed by atoms with van der Waals surface area (Å²) in [5.74, 6) is 0. The number of nitrogens with zero attached hydrogens (tertiary/aromatic N) is 1. The van der Waals surface area contributed by atoms with Gasteiger partial charge in [0.15, 0.2) is 0 Å². The average Bonchev–Trinajstić information content (AvgIpc) is 3.16. The van der Waals surface area contributed by atoms with E-state index >= 15 is 0 Å². The number of hydrogen-bond acceptors (Lipinski definition) is 3. The Labute approximate surface area is 135 Å². The van der Waals surface area contributed by atoms with Crippen molar-refractivity contribution in [3.8, 4) is 0 Å². The zero-order chi connectivity index (χ0) is 14.7. The van der Waals surface area contributed by atoms with Gasteiger partial charge in [0, 0.05) is 35.3 Å². The van der Waals surface area contributed by atoms with Crippen LogP contribution in [0.5, 0.6) is 0 Å². The predicted molar refractivity (Wildman–Crippen MR) is 90.7 cm³/mol. The van der Waals surface area contributed by atoms with Crippen LogP contribution in [0.15, 0.2) is 22.7 Å². The van der Waals surface area contributed by atoms with Crippen LogP contribution in [-0.4, -0.2) is 30.3 Å². The SMILES string of the molecule is OCCN(c1ccc(CNC2CC2)c(Br)c1)C1CCCC1. The molecule has 2 fully saturated rings. The molecule has 2 N–H and O–H groups in total. The summed E-state index contributed by atoms with van der Waals surface area (Å²) in [7, 11) is 0. The van der Waals surface area contributed by atoms with Crippen LogP contribution >= 0.6 is 15.9 Å². The van der Waals surface area contributed by atoms with Crippen LogP contribution in [0.1, 0.15) is 44.1 Å². The Kier molecular flexibility index (Phi) is 5.19. The topological polar surface area (TPSA) is 35.5 Å². The first-order valence-corrected chi connectivity index (χ1v) is 8.96. The van der Waals surface area contributed by atoms with E-state index in [9.17, 15) is 5.11 Å². The number of anilines is 1. The molecule has 3 rings (SSSR count). The van der Waals surface area contributed by atoms with Crippen molar-refractivity contribution in [3.63, 3.8) is 0 Å². The molecule has 0 atom stereocenters. The fraction of sp³-hybridized carbons (Fsp3) is 0.647. The molecule has 2 aliphatic rings. The van der Waals surface area contributed by atoms with Gasteiger partial charge in [0.2, 0.25) is 0 Å². The molecule has 2 saturated carbocycles. The molecule has 0 aromatic heterocycles. The molecule has 0 amide bonds. The first kappa shape index (κ1) is 15.3. The van der Waals surface area contributed by atoms with Gasteiger partial charge in [-0.05, 0) is 43.4 Å². The lowest BCUT2D eigenvalue weighted by molar-refractivity contribution is 0.297. The van der Waals surface area contributed by atoms with Gasteiger partial charge in [-0.1, -0.05) is 34.8 Å². The Hall–Kier alpha value is -0.580. The van der Waals surface area contributed by atoms with Crippen LogP contribution in [0.4, 0.5) is 5.69 Å². The second-order valence-electron chi connectivity index (χ2n) is 6.29. The smallest absolute Gasteiger partial charge is 0.0606 e. The van der Waals surface area contributed by atoms with Crippen molar-refractivity contribution in [2.75, 3.05) is 18.1 Å². The Balaban J connectivity index is 1.71. The highest BCUT2D eigenvalue weighted by Crippen LogP contribution is 2.31. The lowest BCUT2D eigenvalue weighted by Crippen LogP contribution is -2.35. The minimum atomic E-state index is 0.221. The predicted octanol–water partition coefficient (Wildman–Crippen LogP) is 3.44. The van der Waals surface area contributed by atoms with Gasteiger partial charge in [-0.15, -0.1) is 0 Å². The maximum absolute atomic E-state index is 9.37. The van der Waals surface area contributed by atoms with Gasteiger partial charge in [0.25, 0.3) is 0 Å². The highest BCUT2D eigenvalue weighted by molar-refractivity contribution is 9.10. The highest BCUT2D eigenvalue weighted by Gasteiger charge is 2.23. The number of rotatable bonds is 7. The average molecular weight is 353 g/mol. The van der Waals surface area contributed by atoms with Crippen molar-refractivity contribution >= 4 is 21.6 Å². The summed E-state index contributed by atoms with van der Waals surface area (Å²) in [6.45, 7) is 1.89. The Morgan fingerprint density at radius 3 is 2.57 bits per heavy atom. The van der Waals surface area contributed by atoms with Crippen LogP contribution in [-0.2, 0) is 6.54 Å². The number of benzene rings is 1. The third-order valence-corrected chi connectivity index (χ3v) is 5.37. The quantitative estimate of drug-likeness (QED) is 0.788. The molecule has 4 heteroatoms. The molecule has 0 unspecified atom stereocenters. The number of halogens is 1. The summed E-state index contributed by atoms with van der Waals surface area (Å²) >= 11 is 3.72. The zero-order valence-electron chi connectivity index (χ0n) is 12.5. The molecule has 0 radical (unpaired) electrons. The van der Waals surface area contributed by atoms with Crippen LogP contribution < -0.4 is 10.2 Å². The first-order chi connectivity index (χ1) is 10.3. The minimum Gasteiger partial charge on any atom is -0.395 e. The van der Waals surface area contributed by atoms with Crippen LogP contribution in [0.3, 0.4) is 0 Å². The second-order valence-corrected chi connectivity index (χ2v) is 7.14. The van der Waals surface area contributed by atoms with Crippen molar-refractivity contribution in [2.45, 2.75) is 57.2 Å². The standard InChI is InChI=1S/C17H25BrN2O/c18-17-11-16(8-5-13(17)12-19-14-6-7-14)20(9-10-21)15-3-1-2-4-15/h5,8,11,14-15,19,21H,1-4,6-7,9-10,12H2. The molecular weight excluding hydrogens is 328 g/mol. The van der Waals surface area contributed by atoms with E-state index in [1.54, 1.807) is 0 Å². The van der Waals surface area contributed by atoms with Crippen molar-refractivity contribution in [3.05, 3.63) is 28.2 Å². The maximum atomic E-state index is 9.37. The zero-order valence-corrected chi connectivity index (χ0v) is 14.1. The van der Waals surface area contributed by atoms with Gasteiger partial charge in [-0.3, -0.25) is 0 Å². The van der Waals surface area contributed by atoms with Crippen LogP contribution in [0.2, 0.25) is 0 Å². The van der Waals surface area contributed by atoms with E-state index in [-0.39, 0.29) is 6.61 Å². The number of hydrogen-bond donors (Lipinski definition) is 2. The van der Waals surface area contributed by atoms with E-state index in [0.29, 0.717) is 6.04 Å². The lowest BCUT2D eigenvalue weighted by atomic mass is 10.1. The summed E-state index contributed by atoms with van der Waals surface area (Å²) < 4.78 is 1.18. The summed E-state index contributed by atoms with van der Waals surface area (Å²) in [6, 6.07) is 7.98. The Morgan fingerprint density at radius 2 is 1.95 bits per heavy atom. The molecule has 0 heterocycles. The number of aliphatic hydroxyl groups excluding tert-OH is 1. The molecule has 3 nitrogen and oxygen atoms in total. The van der Waals surface area contributed by atoms with Crippen LogP contribution in [0, 0.1) is 0 Å². The van der Waals surface area contributed by atoms with Gasteiger partial charge in [-0.2, -0.15) is 0 Å². The van der Waals surface area contributed by atoms with E-state index in [4.69, 9.17) is 0 Å². The Morgan fingerprint density at radius 1 is 1.19 bits per heavy atom. The van der Waals surface area contributed by atoms with Gasteiger partial charge in [-0.25, -0.2) is 0 Å².